The van der Waals surface area contributed by atoms with Gasteiger partial charge in [-0.1, -0.05) is 12.1 Å². The van der Waals surface area contributed by atoms with E-state index in [9.17, 15) is 9.59 Å². The van der Waals surface area contributed by atoms with Gasteiger partial charge in [0.25, 0.3) is 0 Å². The molecule has 2 heterocycles. The number of benzene rings is 1. The SMILES string of the molecule is CCN(CC)C(=O)C(/C=C1\NCc2c(Br)n(COC(=O)C(C)(C)C)c3cccc1c23)CNC. The largest absolute Gasteiger partial charge is 0.443 e. The first kappa shape index (κ1) is 25.3. The lowest BCUT2D eigenvalue weighted by Crippen LogP contribution is -2.39. The molecule has 0 aliphatic carbocycles. The summed E-state index contributed by atoms with van der Waals surface area (Å²) in [5.74, 6) is -0.394. The normalized spacial score (nSPS) is 15.4. The predicted molar refractivity (Wildman–Crippen MR) is 135 cm³/mol. The zero-order chi connectivity index (χ0) is 24.3. The van der Waals surface area contributed by atoms with Crippen LogP contribution in [-0.2, 0) is 27.6 Å². The van der Waals surface area contributed by atoms with Crippen LogP contribution in [0.4, 0.5) is 0 Å². The second-order valence-corrected chi connectivity index (χ2v) is 10.1. The first-order valence-corrected chi connectivity index (χ1v) is 12.3. The third kappa shape index (κ3) is 5.11. The number of esters is 1. The van der Waals surface area contributed by atoms with E-state index in [4.69, 9.17) is 4.74 Å². The summed E-state index contributed by atoms with van der Waals surface area (Å²) in [4.78, 5) is 27.3. The third-order valence-corrected chi connectivity index (χ3v) is 6.89. The number of hydrogen-bond donors (Lipinski definition) is 2. The van der Waals surface area contributed by atoms with Crippen LogP contribution in [0.1, 0.15) is 45.7 Å². The standard InChI is InChI=1S/C25H35BrN4O3/c1-7-29(8-2)23(31)16(13-27-6)12-19-17-10-9-11-20-21(17)18(14-28-19)22(26)30(20)15-33-24(32)25(3,4)5/h9-12,16,27-28H,7-8,13-15H2,1-6H3/b19-12-. The van der Waals surface area contributed by atoms with Gasteiger partial charge in [-0.15, -0.1) is 0 Å². The maximum Gasteiger partial charge on any atom is 0.312 e. The Bertz CT molecular complexity index is 1060. The van der Waals surface area contributed by atoms with Crippen LogP contribution < -0.4 is 10.6 Å². The quantitative estimate of drug-likeness (QED) is 0.514. The maximum absolute atomic E-state index is 13.1. The van der Waals surface area contributed by atoms with Crippen molar-refractivity contribution in [2.45, 2.75) is 47.9 Å². The summed E-state index contributed by atoms with van der Waals surface area (Å²) in [6, 6.07) is 6.10. The monoisotopic (exact) mass is 518 g/mol. The van der Waals surface area contributed by atoms with Crippen LogP contribution in [0.25, 0.3) is 16.6 Å². The molecule has 1 aromatic carbocycles. The van der Waals surface area contributed by atoms with Gasteiger partial charge in [-0.2, -0.15) is 0 Å². The lowest BCUT2D eigenvalue weighted by molar-refractivity contribution is -0.156. The van der Waals surface area contributed by atoms with E-state index in [1.807, 2.05) is 69.3 Å². The van der Waals surface area contributed by atoms with Gasteiger partial charge in [0, 0.05) is 48.4 Å². The van der Waals surface area contributed by atoms with Crippen LogP contribution in [0.15, 0.2) is 28.9 Å². The van der Waals surface area contributed by atoms with Crippen molar-refractivity contribution >= 4 is 44.4 Å². The number of aromatic nitrogens is 1. The molecule has 0 fully saturated rings. The zero-order valence-electron chi connectivity index (χ0n) is 20.4. The molecule has 180 valence electrons. The molecule has 33 heavy (non-hydrogen) atoms. The highest BCUT2D eigenvalue weighted by atomic mass is 79.9. The fourth-order valence-electron chi connectivity index (χ4n) is 4.14. The van der Waals surface area contributed by atoms with Crippen molar-refractivity contribution in [1.29, 1.82) is 0 Å². The van der Waals surface area contributed by atoms with E-state index in [1.165, 1.54) is 0 Å². The Labute approximate surface area is 204 Å². The fraction of sp³-hybridized carbons (Fsp3) is 0.520. The van der Waals surface area contributed by atoms with Crippen molar-refractivity contribution in [2.24, 2.45) is 11.3 Å². The Morgan fingerprint density at radius 3 is 2.61 bits per heavy atom. The molecule has 8 heteroatoms. The van der Waals surface area contributed by atoms with Crippen LogP contribution in [0.3, 0.4) is 0 Å². The molecular weight excluding hydrogens is 484 g/mol. The van der Waals surface area contributed by atoms with Crippen LogP contribution in [-0.4, -0.2) is 48.0 Å². The van der Waals surface area contributed by atoms with Crippen LogP contribution in [0.2, 0.25) is 0 Å². The van der Waals surface area contributed by atoms with E-state index >= 15 is 0 Å². The van der Waals surface area contributed by atoms with E-state index < -0.39 is 5.41 Å². The first-order valence-electron chi connectivity index (χ1n) is 11.5. The minimum atomic E-state index is -0.561. The number of amides is 1. The Hall–Kier alpha value is -2.32. The number of ether oxygens (including phenoxy) is 1. The van der Waals surface area contributed by atoms with Crippen LogP contribution >= 0.6 is 15.9 Å². The van der Waals surface area contributed by atoms with Crippen LogP contribution in [0, 0.1) is 11.3 Å². The summed E-state index contributed by atoms with van der Waals surface area (Å²) in [5.41, 5.74) is 3.54. The number of hydrogen-bond acceptors (Lipinski definition) is 5. The van der Waals surface area contributed by atoms with Crippen molar-refractivity contribution in [1.82, 2.24) is 20.1 Å². The molecule has 0 radical (unpaired) electrons. The van der Waals surface area contributed by atoms with Gasteiger partial charge in [0.1, 0.15) is 0 Å². The van der Waals surface area contributed by atoms with Crippen molar-refractivity contribution in [3.05, 3.63) is 40.0 Å². The molecule has 1 amide bonds. The Kier molecular flexibility index (Phi) is 7.90. The van der Waals surface area contributed by atoms with E-state index in [1.54, 1.807) is 0 Å². The van der Waals surface area contributed by atoms with Crippen molar-refractivity contribution < 1.29 is 14.3 Å². The highest BCUT2D eigenvalue weighted by Crippen LogP contribution is 2.38. The Morgan fingerprint density at radius 2 is 2.00 bits per heavy atom. The molecule has 1 aliphatic rings. The number of halogens is 1. The number of nitrogens with zero attached hydrogens (tertiary/aromatic N) is 2. The van der Waals surface area contributed by atoms with E-state index in [0.717, 1.165) is 32.3 Å². The molecular formula is C25H35BrN4O3. The first-order chi connectivity index (χ1) is 15.6. The Balaban J connectivity index is 2.01. The lowest BCUT2D eigenvalue weighted by Gasteiger charge is -2.25. The molecule has 1 atom stereocenters. The van der Waals surface area contributed by atoms with Gasteiger partial charge in [-0.05, 0) is 69.7 Å². The van der Waals surface area contributed by atoms with Gasteiger partial charge in [-0.3, -0.25) is 9.59 Å². The molecule has 7 nitrogen and oxygen atoms in total. The minimum Gasteiger partial charge on any atom is -0.443 e. The molecule has 0 spiro atoms. The Morgan fingerprint density at radius 1 is 1.30 bits per heavy atom. The number of rotatable bonds is 8. The molecule has 2 N–H and O–H groups in total. The second-order valence-electron chi connectivity index (χ2n) is 9.32. The summed E-state index contributed by atoms with van der Waals surface area (Å²) in [7, 11) is 1.87. The van der Waals surface area contributed by atoms with E-state index in [-0.39, 0.29) is 24.5 Å². The predicted octanol–water partition coefficient (Wildman–Crippen LogP) is 4.10. The smallest absolute Gasteiger partial charge is 0.312 e. The lowest BCUT2D eigenvalue weighted by atomic mass is 9.96. The third-order valence-electron chi connectivity index (χ3n) is 5.99. The van der Waals surface area contributed by atoms with Gasteiger partial charge in [0.2, 0.25) is 5.91 Å². The minimum absolute atomic E-state index is 0.120. The fourth-order valence-corrected chi connectivity index (χ4v) is 4.77. The molecule has 3 rings (SSSR count). The topological polar surface area (TPSA) is 75.6 Å². The summed E-state index contributed by atoms with van der Waals surface area (Å²) in [6.45, 7) is 12.2. The molecule has 0 saturated heterocycles. The van der Waals surface area contributed by atoms with Crippen LogP contribution in [0.5, 0.6) is 0 Å². The van der Waals surface area contributed by atoms with Gasteiger partial charge in [0.15, 0.2) is 6.73 Å². The summed E-state index contributed by atoms with van der Waals surface area (Å²) >= 11 is 3.72. The number of nitrogens with one attached hydrogen (secondary N) is 2. The molecule has 1 aliphatic heterocycles. The molecule has 2 aromatic rings. The van der Waals surface area contributed by atoms with Crippen molar-refractivity contribution in [2.75, 3.05) is 26.7 Å². The highest BCUT2D eigenvalue weighted by Gasteiger charge is 2.28. The molecule has 0 saturated carbocycles. The number of carbonyl (C=O) groups excluding carboxylic acids is 2. The van der Waals surface area contributed by atoms with E-state index in [0.29, 0.717) is 26.2 Å². The molecule has 1 unspecified atom stereocenters. The van der Waals surface area contributed by atoms with Gasteiger partial charge in [-0.25, -0.2) is 0 Å². The van der Waals surface area contributed by atoms with Crippen molar-refractivity contribution in [3.8, 4) is 0 Å². The van der Waals surface area contributed by atoms with E-state index in [2.05, 4.69) is 32.6 Å². The van der Waals surface area contributed by atoms with Gasteiger partial charge >= 0.3 is 5.97 Å². The van der Waals surface area contributed by atoms with Gasteiger partial charge in [0.05, 0.1) is 21.5 Å². The van der Waals surface area contributed by atoms with Gasteiger partial charge < -0.3 is 24.8 Å². The maximum atomic E-state index is 13.1. The summed E-state index contributed by atoms with van der Waals surface area (Å²) in [6.07, 6.45) is 2.04. The average molecular weight is 519 g/mol. The highest BCUT2D eigenvalue weighted by molar-refractivity contribution is 9.10. The average Bonchev–Trinajstić information content (AvgIpc) is 3.05. The summed E-state index contributed by atoms with van der Waals surface area (Å²) in [5, 5.41) is 7.78. The molecule has 1 aromatic heterocycles. The molecule has 0 bridgehead atoms. The van der Waals surface area contributed by atoms with Crippen molar-refractivity contribution in [3.63, 3.8) is 0 Å². The second kappa shape index (κ2) is 10.3. The summed E-state index contributed by atoms with van der Waals surface area (Å²) < 4.78 is 8.48. The zero-order valence-corrected chi connectivity index (χ0v) is 22.0. The number of carbonyl (C=O) groups is 2.